The van der Waals surface area contributed by atoms with Gasteiger partial charge < -0.3 is 28.4 Å². The quantitative estimate of drug-likeness (QED) is 0.537. The molecule has 1 heterocycles. The largest absolute Gasteiger partial charge is 0.496 e. The Hall–Kier alpha value is -3.42. The molecular formula is C21H22O8. The number of hydrogen-bond acceptors (Lipinski definition) is 8. The molecule has 2 aromatic carbocycles. The number of fused-ring (bicyclic) bond motifs is 1. The number of rotatable bonds is 6. The molecule has 0 spiro atoms. The van der Waals surface area contributed by atoms with Gasteiger partial charge in [-0.25, -0.2) is 0 Å². The SMILES string of the molecule is COc1cc(OC)c2c(c1)O[C@H](c1cc(OC)c(OC)c(OC(C)=O)c1)CC2=O. The van der Waals surface area contributed by atoms with Gasteiger partial charge in [0.25, 0.3) is 0 Å². The van der Waals surface area contributed by atoms with Crippen LogP contribution in [0.25, 0.3) is 0 Å². The summed E-state index contributed by atoms with van der Waals surface area (Å²) in [7, 11) is 5.91. The molecule has 8 heteroatoms. The van der Waals surface area contributed by atoms with Crippen molar-refractivity contribution in [3.05, 3.63) is 35.4 Å². The highest BCUT2D eigenvalue weighted by molar-refractivity contribution is 6.03. The smallest absolute Gasteiger partial charge is 0.308 e. The first-order valence-corrected chi connectivity index (χ1v) is 8.82. The van der Waals surface area contributed by atoms with Crippen molar-refractivity contribution in [2.75, 3.05) is 28.4 Å². The molecule has 0 N–H and O–H groups in total. The number of esters is 1. The summed E-state index contributed by atoms with van der Waals surface area (Å²) in [5.74, 6) is 1.40. The van der Waals surface area contributed by atoms with E-state index < -0.39 is 12.1 Å². The lowest BCUT2D eigenvalue weighted by Gasteiger charge is -2.28. The molecule has 3 rings (SSSR count). The third-order valence-electron chi connectivity index (χ3n) is 4.51. The third kappa shape index (κ3) is 3.91. The molecule has 1 atom stereocenters. The lowest BCUT2D eigenvalue weighted by atomic mass is 9.95. The van der Waals surface area contributed by atoms with E-state index in [0.29, 0.717) is 34.1 Å². The maximum atomic E-state index is 12.8. The number of carbonyl (C=O) groups excluding carboxylic acids is 2. The van der Waals surface area contributed by atoms with Gasteiger partial charge in [-0.2, -0.15) is 0 Å². The zero-order valence-corrected chi connectivity index (χ0v) is 16.9. The van der Waals surface area contributed by atoms with Crippen LogP contribution in [0.3, 0.4) is 0 Å². The van der Waals surface area contributed by atoms with Crippen LogP contribution in [-0.4, -0.2) is 40.2 Å². The van der Waals surface area contributed by atoms with E-state index in [-0.39, 0.29) is 23.7 Å². The van der Waals surface area contributed by atoms with Crippen LogP contribution >= 0.6 is 0 Å². The minimum Gasteiger partial charge on any atom is -0.496 e. The topological polar surface area (TPSA) is 89.5 Å². The summed E-state index contributed by atoms with van der Waals surface area (Å²) in [4.78, 5) is 24.3. The summed E-state index contributed by atoms with van der Waals surface area (Å²) in [6, 6.07) is 6.56. The van der Waals surface area contributed by atoms with Gasteiger partial charge in [-0.05, 0) is 12.1 Å². The molecule has 0 bridgehead atoms. The van der Waals surface area contributed by atoms with Gasteiger partial charge in [0.15, 0.2) is 17.3 Å². The molecule has 0 fully saturated rings. The Balaban J connectivity index is 2.06. The fourth-order valence-corrected chi connectivity index (χ4v) is 3.23. The molecule has 8 nitrogen and oxygen atoms in total. The van der Waals surface area contributed by atoms with Crippen molar-refractivity contribution in [3.8, 4) is 34.5 Å². The Morgan fingerprint density at radius 1 is 0.931 bits per heavy atom. The molecule has 0 aliphatic carbocycles. The Morgan fingerprint density at radius 3 is 2.21 bits per heavy atom. The van der Waals surface area contributed by atoms with Crippen LogP contribution in [0.5, 0.6) is 34.5 Å². The highest BCUT2D eigenvalue weighted by Gasteiger charge is 2.32. The van der Waals surface area contributed by atoms with Crippen LogP contribution in [0.4, 0.5) is 0 Å². The van der Waals surface area contributed by atoms with E-state index in [1.807, 2.05) is 0 Å². The van der Waals surface area contributed by atoms with Crippen LogP contribution in [-0.2, 0) is 4.79 Å². The molecule has 1 aliphatic rings. The first-order chi connectivity index (χ1) is 13.9. The minimum absolute atomic E-state index is 0.0741. The van der Waals surface area contributed by atoms with Crippen molar-refractivity contribution in [2.24, 2.45) is 0 Å². The fraction of sp³-hybridized carbons (Fsp3) is 0.333. The molecule has 0 saturated heterocycles. The van der Waals surface area contributed by atoms with E-state index in [4.69, 9.17) is 28.4 Å². The average Bonchev–Trinajstić information content (AvgIpc) is 2.71. The summed E-state index contributed by atoms with van der Waals surface area (Å²) in [5, 5.41) is 0. The van der Waals surface area contributed by atoms with Gasteiger partial charge in [0.05, 0.1) is 34.9 Å². The fourth-order valence-electron chi connectivity index (χ4n) is 3.23. The van der Waals surface area contributed by atoms with Gasteiger partial charge >= 0.3 is 5.97 Å². The van der Waals surface area contributed by atoms with Crippen LogP contribution in [0, 0.1) is 0 Å². The van der Waals surface area contributed by atoms with E-state index in [9.17, 15) is 9.59 Å². The van der Waals surface area contributed by atoms with E-state index in [1.165, 1.54) is 35.4 Å². The average molecular weight is 402 g/mol. The third-order valence-corrected chi connectivity index (χ3v) is 4.51. The summed E-state index contributed by atoms with van der Waals surface area (Å²) in [6.07, 6.45) is -0.550. The van der Waals surface area contributed by atoms with Crippen molar-refractivity contribution >= 4 is 11.8 Å². The number of ketones is 1. The van der Waals surface area contributed by atoms with E-state index >= 15 is 0 Å². The van der Waals surface area contributed by atoms with Crippen LogP contribution < -0.4 is 28.4 Å². The number of benzene rings is 2. The molecular weight excluding hydrogens is 380 g/mol. The lowest BCUT2D eigenvalue weighted by Crippen LogP contribution is -2.21. The molecule has 154 valence electrons. The van der Waals surface area contributed by atoms with Gasteiger partial charge in [-0.1, -0.05) is 0 Å². The van der Waals surface area contributed by atoms with E-state index in [2.05, 4.69) is 0 Å². The predicted octanol–water partition coefficient (Wildman–Crippen LogP) is 3.35. The second-order valence-electron chi connectivity index (χ2n) is 6.28. The van der Waals surface area contributed by atoms with Gasteiger partial charge in [0.2, 0.25) is 5.75 Å². The Morgan fingerprint density at radius 2 is 1.62 bits per heavy atom. The molecule has 0 radical (unpaired) electrons. The van der Waals surface area contributed by atoms with Gasteiger partial charge in [-0.15, -0.1) is 0 Å². The molecule has 0 saturated carbocycles. The van der Waals surface area contributed by atoms with Crippen LogP contribution in [0.15, 0.2) is 24.3 Å². The van der Waals surface area contributed by atoms with Crippen molar-refractivity contribution < 1.29 is 38.0 Å². The minimum atomic E-state index is -0.624. The molecule has 2 aromatic rings. The van der Waals surface area contributed by atoms with E-state index in [1.54, 1.807) is 24.3 Å². The highest BCUT2D eigenvalue weighted by atomic mass is 16.6. The van der Waals surface area contributed by atoms with Crippen molar-refractivity contribution in [3.63, 3.8) is 0 Å². The predicted molar refractivity (Wildman–Crippen MR) is 103 cm³/mol. The molecule has 0 amide bonds. The maximum Gasteiger partial charge on any atom is 0.308 e. The Labute approximate surface area is 168 Å². The maximum absolute atomic E-state index is 12.8. The van der Waals surface area contributed by atoms with Gasteiger partial charge in [-0.3, -0.25) is 9.59 Å². The van der Waals surface area contributed by atoms with Gasteiger partial charge in [0, 0.05) is 24.6 Å². The summed E-state index contributed by atoms with van der Waals surface area (Å²) < 4.78 is 32.6. The number of carbonyl (C=O) groups is 2. The van der Waals surface area contributed by atoms with Crippen molar-refractivity contribution in [1.82, 2.24) is 0 Å². The summed E-state index contributed by atoms with van der Waals surface area (Å²) in [5.41, 5.74) is 0.963. The molecule has 0 unspecified atom stereocenters. The first kappa shape index (κ1) is 20.3. The molecule has 1 aliphatic heterocycles. The number of Topliss-reactive ketones (excluding diaryl/α,β-unsaturated/α-hetero) is 1. The standard InChI is InChI=1S/C21H22O8/c1-11(22)28-19-7-12(6-18(26-4)21(19)27-5)15-10-14(23)20-16(25-3)8-13(24-2)9-17(20)29-15/h6-9,15H,10H2,1-5H3/t15-/m0/s1. The van der Waals surface area contributed by atoms with Crippen molar-refractivity contribution in [1.29, 1.82) is 0 Å². The first-order valence-electron chi connectivity index (χ1n) is 8.82. The highest BCUT2D eigenvalue weighted by Crippen LogP contribution is 2.45. The lowest BCUT2D eigenvalue weighted by molar-refractivity contribution is -0.132. The second kappa shape index (κ2) is 8.30. The van der Waals surface area contributed by atoms with Crippen molar-refractivity contribution in [2.45, 2.75) is 19.4 Å². The van der Waals surface area contributed by atoms with Crippen LogP contribution in [0.2, 0.25) is 0 Å². The Kier molecular flexibility index (Phi) is 5.81. The van der Waals surface area contributed by atoms with E-state index in [0.717, 1.165) is 0 Å². The second-order valence-corrected chi connectivity index (χ2v) is 6.28. The number of hydrogen-bond donors (Lipinski definition) is 0. The zero-order chi connectivity index (χ0) is 21.1. The Bertz CT molecular complexity index is 950. The monoisotopic (exact) mass is 402 g/mol. The summed E-state index contributed by atoms with van der Waals surface area (Å²) >= 11 is 0. The van der Waals surface area contributed by atoms with Crippen LogP contribution in [0.1, 0.15) is 35.4 Å². The number of methoxy groups -OCH3 is 4. The molecule has 29 heavy (non-hydrogen) atoms. The normalized spacial score (nSPS) is 15.1. The molecule has 0 aromatic heterocycles. The number of ether oxygens (including phenoxy) is 6. The summed E-state index contributed by atoms with van der Waals surface area (Å²) in [6.45, 7) is 1.29. The zero-order valence-electron chi connectivity index (χ0n) is 16.9. The van der Waals surface area contributed by atoms with Gasteiger partial charge in [0.1, 0.15) is 28.9 Å².